The molecular formula is C7H18N2O2. The maximum atomic E-state index is 10.5. The molecule has 0 saturated heterocycles. The van der Waals surface area contributed by atoms with Gasteiger partial charge in [0.1, 0.15) is 5.60 Å². The standard InChI is InChI=1S/C6H13NO2.CH5N/c1-6(2,3)9-5(8)7-4;1-2/h1-4H3,(H,7,8);2H2,1H3. The Bertz CT molecular complexity index is 107. The maximum Gasteiger partial charge on any atom is 0.407 e. The first kappa shape index (κ1) is 12.9. The number of ether oxygens (including phenoxy) is 1. The molecule has 4 heteroatoms. The molecule has 0 aromatic carbocycles. The number of hydrogen-bond donors (Lipinski definition) is 2. The van der Waals surface area contributed by atoms with Crippen LogP contribution in [0.15, 0.2) is 0 Å². The molecule has 0 fully saturated rings. The second kappa shape index (κ2) is 5.97. The van der Waals surface area contributed by atoms with Gasteiger partial charge in [0.05, 0.1) is 0 Å². The summed E-state index contributed by atoms with van der Waals surface area (Å²) < 4.78 is 4.84. The van der Waals surface area contributed by atoms with E-state index in [-0.39, 0.29) is 11.7 Å². The lowest BCUT2D eigenvalue weighted by Gasteiger charge is -2.18. The summed E-state index contributed by atoms with van der Waals surface area (Å²) in [4.78, 5) is 10.5. The monoisotopic (exact) mass is 162 g/mol. The number of nitrogens with two attached hydrogens (primary N) is 1. The van der Waals surface area contributed by atoms with E-state index in [0.717, 1.165) is 0 Å². The molecule has 3 N–H and O–H groups in total. The number of carbonyl (C=O) groups excluding carboxylic acids is 1. The Morgan fingerprint density at radius 2 is 1.73 bits per heavy atom. The molecule has 4 nitrogen and oxygen atoms in total. The van der Waals surface area contributed by atoms with Gasteiger partial charge in [0.2, 0.25) is 0 Å². The number of hydrogen-bond acceptors (Lipinski definition) is 3. The zero-order chi connectivity index (χ0) is 9.49. The summed E-state index contributed by atoms with van der Waals surface area (Å²) in [6, 6.07) is 0. The summed E-state index contributed by atoms with van der Waals surface area (Å²) in [6.07, 6.45) is -0.387. The van der Waals surface area contributed by atoms with Gasteiger partial charge in [-0.2, -0.15) is 0 Å². The van der Waals surface area contributed by atoms with Crippen molar-refractivity contribution in [2.24, 2.45) is 5.73 Å². The van der Waals surface area contributed by atoms with E-state index in [1.54, 1.807) is 0 Å². The highest BCUT2D eigenvalue weighted by molar-refractivity contribution is 5.67. The van der Waals surface area contributed by atoms with Crippen LogP contribution >= 0.6 is 0 Å². The first-order valence-electron chi connectivity index (χ1n) is 3.44. The SMILES string of the molecule is CN.CNC(=O)OC(C)(C)C. The third-order valence-corrected chi connectivity index (χ3v) is 0.603. The summed E-state index contributed by atoms with van der Waals surface area (Å²) in [5.41, 5.74) is 4.11. The highest BCUT2D eigenvalue weighted by Gasteiger charge is 2.13. The van der Waals surface area contributed by atoms with Crippen molar-refractivity contribution in [2.75, 3.05) is 14.1 Å². The summed E-state index contributed by atoms with van der Waals surface area (Å²) in [7, 11) is 3.04. The molecule has 0 radical (unpaired) electrons. The van der Waals surface area contributed by atoms with E-state index in [9.17, 15) is 4.79 Å². The smallest absolute Gasteiger partial charge is 0.407 e. The fourth-order valence-electron chi connectivity index (χ4n) is 0.329. The normalized spacial score (nSPS) is 9.27. The molecule has 0 atom stereocenters. The topological polar surface area (TPSA) is 64.3 Å². The highest BCUT2D eigenvalue weighted by atomic mass is 16.6. The van der Waals surface area contributed by atoms with Crippen LogP contribution in [0.3, 0.4) is 0 Å². The summed E-state index contributed by atoms with van der Waals surface area (Å²) >= 11 is 0. The molecule has 0 saturated carbocycles. The first-order valence-corrected chi connectivity index (χ1v) is 3.44. The van der Waals surface area contributed by atoms with Crippen LogP contribution in [0.1, 0.15) is 20.8 Å². The average Bonchev–Trinajstić information content (AvgIpc) is 1.89. The number of rotatable bonds is 0. The summed E-state index contributed by atoms with van der Waals surface area (Å²) in [6.45, 7) is 5.46. The predicted octanol–water partition coefficient (Wildman–Crippen LogP) is 0.716. The molecule has 0 aromatic rings. The molecular weight excluding hydrogens is 144 g/mol. The third-order valence-electron chi connectivity index (χ3n) is 0.603. The highest BCUT2D eigenvalue weighted by Crippen LogP contribution is 2.05. The minimum Gasteiger partial charge on any atom is -0.444 e. The zero-order valence-electron chi connectivity index (χ0n) is 7.89. The Labute approximate surface area is 68.1 Å². The van der Waals surface area contributed by atoms with E-state index in [0.29, 0.717) is 0 Å². The summed E-state index contributed by atoms with van der Waals surface area (Å²) in [5.74, 6) is 0. The van der Waals surface area contributed by atoms with Gasteiger partial charge in [-0.25, -0.2) is 4.79 Å². The fraction of sp³-hybridized carbons (Fsp3) is 0.857. The Morgan fingerprint density at radius 1 is 1.36 bits per heavy atom. The second-order valence-electron chi connectivity index (χ2n) is 2.75. The van der Waals surface area contributed by atoms with Crippen LogP contribution in [0.25, 0.3) is 0 Å². The van der Waals surface area contributed by atoms with Gasteiger partial charge in [-0.15, -0.1) is 0 Å². The molecule has 0 unspecified atom stereocenters. The van der Waals surface area contributed by atoms with Gasteiger partial charge in [0, 0.05) is 7.05 Å². The molecule has 0 aliphatic carbocycles. The molecule has 0 rings (SSSR count). The number of nitrogens with one attached hydrogen (secondary N) is 1. The van der Waals surface area contributed by atoms with E-state index in [4.69, 9.17) is 4.74 Å². The zero-order valence-corrected chi connectivity index (χ0v) is 7.89. The Balaban J connectivity index is 0. The van der Waals surface area contributed by atoms with Gasteiger partial charge >= 0.3 is 6.09 Å². The van der Waals surface area contributed by atoms with Crippen molar-refractivity contribution in [3.05, 3.63) is 0 Å². The quantitative estimate of drug-likeness (QED) is 0.551. The molecule has 1 amide bonds. The Morgan fingerprint density at radius 3 is 1.82 bits per heavy atom. The van der Waals surface area contributed by atoms with Crippen LogP contribution in [0.5, 0.6) is 0 Å². The van der Waals surface area contributed by atoms with Crippen molar-refractivity contribution in [1.82, 2.24) is 5.32 Å². The molecule has 0 spiro atoms. The van der Waals surface area contributed by atoms with Crippen molar-refractivity contribution in [1.29, 1.82) is 0 Å². The number of alkyl carbamates (subject to hydrolysis) is 1. The van der Waals surface area contributed by atoms with Gasteiger partial charge in [-0.1, -0.05) is 0 Å². The van der Waals surface area contributed by atoms with E-state index in [2.05, 4.69) is 11.1 Å². The van der Waals surface area contributed by atoms with Gasteiger partial charge in [-0.05, 0) is 27.8 Å². The van der Waals surface area contributed by atoms with E-state index >= 15 is 0 Å². The number of carbonyl (C=O) groups is 1. The first-order chi connectivity index (χ1) is 4.95. The largest absolute Gasteiger partial charge is 0.444 e. The van der Waals surface area contributed by atoms with Crippen molar-refractivity contribution < 1.29 is 9.53 Å². The van der Waals surface area contributed by atoms with Gasteiger partial charge < -0.3 is 15.8 Å². The van der Waals surface area contributed by atoms with Crippen molar-refractivity contribution in [2.45, 2.75) is 26.4 Å². The molecule has 0 aliphatic rings. The second-order valence-corrected chi connectivity index (χ2v) is 2.75. The Kier molecular flexibility index (Phi) is 6.99. The summed E-state index contributed by atoms with van der Waals surface area (Å²) in [5, 5.41) is 2.36. The predicted molar refractivity (Wildman–Crippen MR) is 45.4 cm³/mol. The maximum absolute atomic E-state index is 10.5. The lowest BCUT2D eigenvalue weighted by atomic mass is 10.2. The van der Waals surface area contributed by atoms with Crippen LogP contribution in [0.2, 0.25) is 0 Å². The third kappa shape index (κ3) is 12.4. The van der Waals surface area contributed by atoms with Crippen molar-refractivity contribution in [3.63, 3.8) is 0 Å². The minimum absolute atomic E-state index is 0.387. The number of amides is 1. The van der Waals surface area contributed by atoms with Crippen molar-refractivity contribution in [3.8, 4) is 0 Å². The molecule has 68 valence electrons. The molecule has 0 bridgehead atoms. The van der Waals surface area contributed by atoms with E-state index in [1.807, 2.05) is 20.8 Å². The fourth-order valence-corrected chi connectivity index (χ4v) is 0.329. The van der Waals surface area contributed by atoms with Crippen LogP contribution < -0.4 is 11.1 Å². The van der Waals surface area contributed by atoms with Crippen LogP contribution in [-0.4, -0.2) is 25.8 Å². The molecule has 0 aromatic heterocycles. The lowest BCUT2D eigenvalue weighted by molar-refractivity contribution is 0.0541. The van der Waals surface area contributed by atoms with Crippen molar-refractivity contribution >= 4 is 6.09 Å². The van der Waals surface area contributed by atoms with Crippen LogP contribution in [-0.2, 0) is 4.74 Å². The van der Waals surface area contributed by atoms with Gasteiger partial charge in [0.25, 0.3) is 0 Å². The van der Waals surface area contributed by atoms with Crippen LogP contribution in [0.4, 0.5) is 4.79 Å². The van der Waals surface area contributed by atoms with E-state index < -0.39 is 0 Å². The van der Waals surface area contributed by atoms with Gasteiger partial charge in [-0.3, -0.25) is 0 Å². The lowest BCUT2D eigenvalue weighted by Crippen LogP contribution is -2.30. The average molecular weight is 162 g/mol. The molecule has 0 aliphatic heterocycles. The Hall–Kier alpha value is -0.770. The molecule has 11 heavy (non-hydrogen) atoms. The van der Waals surface area contributed by atoms with Crippen LogP contribution in [0, 0.1) is 0 Å². The van der Waals surface area contributed by atoms with Gasteiger partial charge in [0.15, 0.2) is 0 Å². The molecule has 0 heterocycles. The minimum atomic E-state index is -0.389. The van der Waals surface area contributed by atoms with E-state index in [1.165, 1.54) is 14.1 Å².